The number of ether oxygens (including phenoxy) is 3. The Labute approximate surface area is 153 Å². The van der Waals surface area contributed by atoms with Gasteiger partial charge >= 0.3 is 0 Å². The second-order valence-electron chi connectivity index (χ2n) is 7.38. The van der Waals surface area contributed by atoms with Crippen molar-refractivity contribution in [1.82, 2.24) is 5.32 Å². The van der Waals surface area contributed by atoms with E-state index < -0.39 is 30.4 Å². The van der Waals surface area contributed by atoms with Gasteiger partial charge in [-0.1, -0.05) is 49.3 Å². The summed E-state index contributed by atoms with van der Waals surface area (Å²) in [5, 5.41) is 6.90. The van der Waals surface area contributed by atoms with Gasteiger partial charge in [-0.3, -0.25) is 4.79 Å². The van der Waals surface area contributed by atoms with E-state index in [1.54, 1.807) is 20.1 Å². The predicted octanol–water partition coefficient (Wildman–Crippen LogP) is 2.05. The van der Waals surface area contributed by atoms with E-state index in [4.69, 9.17) is 19.0 Å². The Balaban J connectivity index is 1.70. The molecule has 0 aliphatic carbocycles. The average molecular weight is 362 g/mol. The van der Waals surface area contributed by atoms with Crippen molar-refractivity contribution < 1.29 is 23.8 Å². The summed E-state index contributed by atoms with van der Waals surface area (Å²) >= 11 is 0. The number of oxime groups is 1. The van der Waals surface area contributed by atoms with Crippen molar-refractivity contribution in [3.05, 3.63) is 35.9 Å². The lowest BCUT2D eigenvalue weighted by Crippen LogP contribution is -2.45. The fraction of sp³-hybridized carbons (Fsp3) is 0.579. The van der Waals surface area contributed by atoms with Crippen LogP contribution < -0.4 is 5.32 Å². The highest BCUT2D eigenvalue weighted by Gasteiger charge is 2.58. The summed E-state index contributed by atoms with van der Waals surface area (Å²) in [6.45, 7) is 8.20. The number of carbonyl (C=O) groups excluding carboxylic acids is 1. The molecule has 2 fully saturated rings. The van der Waals surface area contributed by atoms with Crippen molar-refractivity contribution >= 4 is 12.1 Å². The average Bonchev–Trinajstić information content (AvgIpc) is 3.06. The SMILES string of the molecule is CC(C)CNC(=O)[C@H]1O[C@@H]2OC(C)(C)O[C@@H]2[C@@H]1O/N=C/c1ccccc1. The van der Waals surface area contributed by atoms with Crippen LogP contribution in [-0.4, -0.2) is 49.1 Å². The van der Waals surface area contributed by atoms with Crippen molar-refractivity contribution in [2.45, 2.75) is 58.1 Å². The topological polar surface area (TPSA) is 78.4 Å². The predicted molar refractivity (Wildman–Crippen MR) is 95.5 cm³/mol. The molecule has 26 heavy (non-hydrogen) atoms. The molecule has 0 saturated carbocycles. The summed E-state index contributed by atoms with van der Waals surface area (Å²) in [4.78, 5) is 18.1. The first-order valence-electron chi connectivity index (χ1n) is 8.89. The molecule has 1 aromatic carbocycles. The van der Waals surface area contributed by atoms with E-state index >= 15 is 0 Å². The molecule has 2 saturated heterocycles. The maximum atomic E-state index is 12.5. The van der Waals surface area contributed by atoms with E-state index in [0.29, 0.717) is 12.5 Å². The van der Waals surface area contributed by atoms with Crippen LogP contribution in [0.1, 0.15) is 33.3 Å². The van der Waals surface area contributed by atoms with Gasteiger partial charge in [-0.25, -0.2) is 0 Å². The summed E-state index contributed by atoms with van der Waals surface area (Å²) in [7, 11) is 0. The molecule has 0 radical (unpaired) electrons. The van der Waals surface area contributed by atoms with E-state index in [1.165, 1.54) is 0 Å². The molecule has 4 atom stereocenters. The summed E-state index contributed by atoms with van der Waals surface area (Å²) in [5.41, 5.74) is 0.896. The summed E-state index contributed by atoms with van der Waals surface area (Å²) in [6.07, 6.45) is -1.11. The lowest BCUT2D eigenvalue weighted by Gasteiger charge is -2.24. The van der Waals surface area contributed by atoms with Crippen molar-refractivity contribution in [2.75, 3.05) is 6.54 Å². The third-order valence-corrected chi connectivity index (χ3v) is 4.12. The number of nitrogens with one attached hydrogen (secondary N) is 1. The molecule has 2 aliphatic rings. The highest BCUT2D eigenvalue weighted by atomic mass is 16.8. The van der Waals surface area contributed by atoms with Gasteiger partial charge in [0.1, 0.15) is 0 Å². The van der Waals surface area contributed by atoms with Gasteiger partial charge in [-0.05, 0) is 25.3 Å². The van der Waals surface area contributed by atoms with Gasteiger partial charge in [0, 0.05) is 6.54 Å². The fourth-order valence-corrected chi connectivity index (χ4v) is 2.91. The second-order valence-corrected chi connectivity index (χ2v) is 7.38. The highest BCUT2D eigenvalue weighted by Crippen LogP contribution is 2.38. The number of carbonyl (C=O) groups is 1. The van der Waals surface area contributed by atoms with E-state index in [-0.39, 0.29) is 5.91 Å². The molecule has 0 aromatic heterocycles. The summed E-state index contributed by atoms with van der Waals surface area (Å²) < 4.78 is 17.4. The van der Waals surface area contributed by atoms with Crippen LogP contribution in [0, 0.1) is 5.92 Å². The van der Waals surface area contributed by atoms with Crippen LogP contribution in [0.5, 0.6) is 0 Å². The molecule has 7 heteroatoms. The maximum absolute atomic E-state index is 12.5. The first-order valence-corrected chi connectivity index (χ1v) is 8.89. The van der Waals surface area contributed by atoms with Crippen LogP contribution >= 0.6 is 0 Å². The molecule has 0 spiro atoms. The maximum Gasteiger partial charge on any atom is 0.253 e. The number of rotatable bonds is 6. The molecule has 0 unspecified atom stereocenters. The van der Waals surface area contributed by atoms with Gasteiger partial charge in [0.15, 0.2) is 30.4 Å². The summed E-state index contributed by atoms with van der Waals surface area (Å²) in [5.74, 6) is -0.709. The van der Waals surface area contributed by atoms with Crippen molar-refractivity contribution in [1.29, 1.82) is 0 Å². The minimum atomic E-state index is -0.840. The third kappa shape index (κ3) is 4.41. The number of hydrogen-bond donors (Lipinski definition) is 1. The highest BCUT2D eigenvalue weighted by molar-refractivity contribution is 5.82. The van der Waals surface area contributed by atoms with Crippen LogP contribution in [-0.2, 0) is 23.8 Å². The number of fused-ring (bicyclic) bond motifs is 1. The molecule has 3 rings (SSSR count). The number of hydrogen-bond acceptors (Lipinski definition) is 6. The Morgan fingerprint density at radius 3 is 2.73 bits per heavy atom. The standard InChI is InChI=1S/C19H26N2O5/c1-12(2)10-20-17(22)15-14(16-18(23-15)25-19(3,4)24-16)26-21-11-13-8-6-5-7-9-13/h5-9,11-12,14-16,18H,10H2,1-4H3,(H,20,22)/b21-11+/t14-,15+,16-,18-/m1/s1. The summed E-state index contributed by atoms with van der Waals surface area (Å²) in [6, 6.07) is 9.57. The molecule has 142 valence electrons. The van der Waals surface area contributed by atoms with Crippen molar-refractivity contribution in [2.24, 2.45) is 11.1 Å². The molecular weight excluding hydrogens is 336 g/mol. The Bertz CT molecular complexity index is 647. The molecule has 1 amide bonds. The largest absolute Gasteiger partial charge is 0.386 e. The lowest BCUT2D eigenvalue weighted by atomic mass is 10.1. The Hall–Kier alpha value is -1.96. The van der Waals surface area contributed by atoms with Crippen LogP contribution in [0.2, 0.25) is 0 Å². The van der Waals surface area contributed by atoms with Crippen LogP contribution in [0.4, 0.5) is 0 Å². The first kappa shape index (κ1) is 18.8. The molecule has 2 aliphatic heterocycles. The van der Waals surface area contributed by atoms with E-state index in [0.717, 1.165) is 5.56 Å². The zero-order valence-electron chi connectivity index (χ0n) is 15.5. The molecule has 2 heterocycles. The van der Waals surface area contributed by atoms with Crippen LogP contribution in [0.15, 0.2) is 35.5 Å². The van der Waals surface area contributed by atoms with Gasteiger partial charge in [-0.2, -0.15) is 0 Å². The van der Waals surface area contributed by atoms with Gasteiger partial charge < -0.3 is 24.4 Å². The van der Waals surface area contributed by atoms with Gasteiger partial charge in [0.25, 0.3) is 5.91 Å². The Morgan fingerprint density at radius 2 is 2.04 bits per heavy atom. The van der Waals surface area contributed by atoms with Gasteiger partial charge in [0.05, 0.1) is 6.21 Å². The normalized spacial score (nSPS) is 29.9. The number of nitrogens with zero attached hydrogens (tertiary/aromatic N) is 1. The minimum absolute atomic E-state index is 0.252. The van der Waals surface area contributed by atoms with E-state index in [1.807, 2.05) is 44.2 Å². The van der Waals surface area contributed by atoms with Crippen LogP contribution in [0.3, 0.4) is 0 Å². The minimum Gasteiger partial charge on any atom is -0.386 e. The molecular formula is C19H26N2O5. The quantitative estimate of drug-likeness (QED) is 0.619. The third-order valence-electron chi connectivity index (χ3n) is 4.12. The smallest absolute Gasteiger partial charge is 0.253 e. The van der Waals surface area contributed by atoms with E-state index in [9.17, 15) is 4.79 Å². The monoisotopic (exact) mass is 362 g/mol. The fourth-order valence-electron chi connectivity index (χ4n) is 2.91. The molecule has 1 N–H and O–H groups in total. The Morgan fingerprint density at radius 1 is 1.31 bits per heavy atom. The molecule has 7 nitrogen and oxygen atoms in total. The molecule has 0 bridgehead atoms. The van der Waals surface area contributed by atoms with Crippen molar-refractivity contribution in [3.8, 4) is 0 Å². The van der Waals surface area contributed by atoms with Gasteiger partial charge in [-0.15, -0.1) is 0 Å². The van der Waals surface area contributed by atoms with E-state index in [2.05, 4.69) is 10.5 Å². The zero-order chi connectivity index (χ0) is 18.7. The van der Waals surface area contributed by atoms with Crippen molar-refractivity contribution in [3.63, 3.8) is 0 Å². The van der Waals surface area contributed by atoms with Crippen LogP contribution in [0.25, 0.3) is 0 Å². The van der Waals surface area contributed by atoms with Gasteiger partial charge in [0.2, 0.25) is 0 Å². The Kier molecular flexibility index (Phi) is 5.60. The first-order chi connectivity index (χ1) is 12.4. The number of amides is 1. The number of benzene rings is 1. The second kappa shape index (κ2) is 7.73. The zero-order valence-corrected chi connectivity index (χ0v) is 15.5. The molecule has 1 aromatic rings. The lowest BCUT2D eigenvalue weighted by molar-refractivity contribution is -0.218.